The van der Waals surface area contributed by atoms with Crippen molar-refractivity contribution in [2.24, 2.45) is 0 Å². The molecule has 0 fully saturated rings. The number of hydrogen-bond acceptors (Lipinski definition) is 9. The third-order valence-electron chi connectivity index (χ3n) is 5.06. The monoisotopic (exact) mass is 611 g/mol. The summed E-state index contributed by atoms with van der Waals surface area (Å²) in [5, 5.41) is 11.1. The molecule has 0 saturated heterocycles. The van der Waals surface area contributed by atoms with Crippen molar-refractivity contribution in [3.63, 3.8) is 0 Å². The van der Waals surface area contributed by atoms with E-state index in [1.165, 1.54) is 25.3 Å². The van der Waals surface area contributed by atoms with Gasteiger partial charge in [0.05, 0.1) is 10.0 Å². The normalized spacial score (nSPS) is 12.0. The Kier molecular flexibility index (Phi) is 8.30. The van der Waals surface area contributed by atoms with Gasteiger partial charge in [0.15, 0.2) is 5.75 Å². The Morgan fingerprint density at radius 2 is 1.90 bits per heavy atom. The van der Waals surface area contributed by atoms with Gasteiger partial charge in [0.1, 0.15) is 34.5 Å². The van der Waals surface area contributed by atoms with Crippen molar-refractivity contribution in [3.8, 4) is 22.6 Å². The number of anilines is 1. The molecule has 2 aromatic heterocycles. The van der Waals surface area contributed by atoms with Crippen molar-refractivity contribution in [1.29, 1.82) is 0 Å². The van der Waals surface area contributed by atoms with Gasteiger partial charge in [-0.3, -0.25) is 19.3 Å². The lowest BCUT2D eigenvalue weighted by Crippen LogP contribution is -2.38. The molecule has 39 heavy (non-hydrogen) atoms. The van der Waals surface area contributed by atoms with Gasteiger partial charge < -0.3 is 15.2 Å². The number of nitrogens with zero attached hydrogens (tertiary/aromatic N) is 3. The maximum absolute atomic E-state index is 15.0. The first-order valence-electron chi connectivity index (χ1n) is 10.7. The van der Waals surface area contributed by atoms with Crippen LogP contribution in [0.2, 0.25) is 10.0 Å². The molecule has 2 aromatic carbocycles. The number of para-hydroxylation sites is 1. The fourth-order valence-electron chi connectivity index (χ4n) is 3.19. The molecule has 0 radical (unpaired) electrons. The maximum atomic E-state index is 15.0. The molecule has 0 spiro atoms. The first-order chi connectivity index (χ1) is 18.5. The Balaban J connectivity index is 1.67. The quantitative estimate of drug-likeness (QED) is 0.240. The molecule has 2 heterocycles. The van der Waals surface area contributed by atoms with Crippen LogP contribution in [0, 0.1) is 5.82 Å². The van der Waals surface area contributed by atoms with Gasteiger partial charge in [-0.25, -0.2) is 17.8 Å². The predicted octanol–water partition coefficient (Wildman–Crippen LogP) is 4.84. The molecule has 0 saturated carbocycles. The van der Waals surface area contributed by atoms with E-state index in [0.29, 0.717) is 11.1 Å². The number of carboxylic acids is 1. The Labute approximate surface area is 234 Å². The van der Waals surface area contributed by atoms with E-state index >= 15 is 0 Å². The Bertz CT molecular complexity index is 1670. The lowest BCUT2D eigenvalue weighted by molar-refractivity contribution is -0.138. The minimum Gasteiger partial charge on any atom is -0.480 e. The summed E-state index contributed by atoms with van der Waals surface area (Å²) in [6.07, 6.45) is 2.47. The van der Waals surface area contributed by atoms with Crippen molar-refractivity contribution in [2.45, 2.75) is 17.9 Å². The zero-order valence-electron chi connectivity index (χ0n) is 19.6. The summed E-state index contributed by atoms with van der Waals surface area (Å²) in [6.45, 7) is 1.30. The topological polar surface area (TPSA) is 160 Å². The zero-order valence-corrected chi connectivity index (χ0v) is 22.7. The molecule has 1 atom stereocenters. The predicted molar refractivity (Wildman–Crippen MR) is 141 cm³/mol. The third kappa shape index (κ3) is 6.42. The summed E-state index contributed by atoms with van der Waals surface area (Å²) in [5.74, 6) is -3.31. The standard InChI is InChI=1S/C23H16Cl2FN5O6S2/c1-11(22(33)34)30-21(32)17-7-12(5-6-27-17)13-3-2-4-14(24)20(13)37-18-9-16(26)19(8-15(18)25)39(35,36)31-23-28-10-29-38-23/h2-11H,1H3,(H,30,32)(H,33,34)(H,28,29,31)/t11-/m1/s1. The van der Waals surface area contributed by atoms with Crippen LogP contribution in [0.1, 0.15) is 17.4 Å². The maximum Gasteiger partial charge on any atom is 0.325 e. The first kappa shape index (κ1) is 28.2. The molecular formula is C23H16Cl2FN5O6S2. The molecule has 0 unspecified atom stereocenters. The third-order valence-corrected chi connectivity index (χ3v) is 7.72. The van der Waals surface area contributed by atoms with Gasteiger partial charge in [-0.15, -0.1) is 0 Å². The SMILES string of the molecule is C[C@@H](NC(=O)c1cc(-c2cccc(Cl)c2Oc2cc(F)c(S(=O)(=O)Nc3ncns3)cc2Cl)ccn1)C(=O)O. The molecule has 0 aliphatic rings. The first-order valence-corrected chi connectivity index (χ1v) is 13.7. The summed E-state index contributed by atoms with van der Waals surface area (Å²) in [6, 6.07) is 8.17. The molecule has 0 aliphatic carbocycles. The second-order valence-electron chi connectivity index (χ2n) is 7.75. The number of hydrogen-bond donors (Lipinski definition) is 3. The van der Waals surface area contributed by atoms with Gasteiger partial charge in [0.2, 0.25) is 5.13 Å². The van der Waals surface area contributed by atoms with Crippen LogP contribution in [0.3, 0.4) is 0 Å². The molecule has 3 N–H and O–H groups in total. The fraction of sp³-hybridized carbons (Fsp3) is 0.0870. The highest BCUT2D eigenvalue weighted by molar-refractivity contribution is 7.93. The van der Waals surface area contributed by atoms with Gasteiger partial charge in [0, 0.05) is 29.4 Å². The highest BCUT2D eigenvalue weighted by Crippen LogP contribution is 2.42. The molecule has 4 rings (SSSR count). The van der Waals surface area contributed by atoms with Crippen molar-refractivity contribution in [3.05, 3.63) is 76.5 Å². The molecule has 1 amide bonds. The highest BCUT2D eigenvalue weighted by atomic mass is 35.5. The number of halogens is 3. The van der Waals surface area contributed by atoms with E-state index < -0.39 is 38.7 Å². The van der Waals surface area contributed by atoms with Crippen LogP contribution in [0.15, 0.2) is 59.9 Å². The number of ether oxygens (including phenoxy) is 1. The van der Waals surface area contributed by atoms with E-state index in [9.17, 15) is 22.4 Å². The Morgan fingerprint density at radius 1 is 1.13 bits per heavy atom. The van der Waals surface area contributed by atoms with E-state index in [4.69, 9.17) is 33.0 Å². The van der Waals surface area contributed by atoms with Crippen LogP contribution in [0.25, 0.3) is 11.1 Å². The average Bonchev–Trinajstić information content (AvgIpc) is 3.39. The number of aromatic nitrogens is 3. The molecular weight excluding hydrogens is 596 g/mol. The van der Waals surface area contributed by atoms with Crippen LogP contribution in [-0.4, -0.2) is 45.8 Å². The minimum absolute atomic E-state index is 0.0273. The van der Waals surface area contributed by atoms with E-state index in [2.05, 4.69) is 24.4 Å². The second-order valence-corrected chi connectivity index (χ2v) is 11.0. The lowest BCUT2D eigenvalue weighted by Gasteiger charge is -2.16. The number of sulfonamides is 1. The van der Waals surface area contributed by atoms with Crippen molar-refractivity contribution in [1.82, 2.24) is 19.7 Å². The number of benzene rings is 2. The molecule has 0 aliphatic heterocycles. The summed E-state index contributed by atoms with van der Waals surface area (Å²) >= 11 is 13.4. The van der Waals surface area contributed by atoms with E-state index in [1.54, 1.807) is 18.2 Å². The van der Waals surface area contributed by atoms with Gasteiger partial charge >= 0.3 is 5.97 Å². The van der Waals surface area contributed by atoms with E-state index in [-0.39, 0.29) is 32.4 Å². The van der Waals surface area contributed by atoms with Gasteiger partial charge in [0.25, 0.3) is 15.9 Å². The van der Waals surface area contributed by atoms with Gasteiger partial charge in [-0.05, 0) is 36.8 Å². The number of carbonyl (C=O) groups is 2. The van der Waals surface area contributed by atoms with Gasteiger partial charge in [-0.2, -0.15) is 4.37 Å². The molecule has 0 bridgehead atoms. The van der Waals surface area contributed by atoms with Gasteiger partial charge in [-0.1, -0.05) is 35.3 Å². The van der Waals surface area contributed by atoms with Crippen LogP contribution < -0.4 is 14.8 Å². The highest BCUT2D eigenvalue weighted by Gasteiger charge is 2.24. The number of carbonyl (C=O) groups excluding carboxylic acids is 1. The number of carboxylic acid groups (broad SMARTS) is 1. The summed E-state index contributed by atoms with van der Waals surface area (Å²) in [4.78, 5) is 30.5. The van der Waals surface area contributed by atoms with E-state index in [1.807, 2.05) is 0 Å². The molecule has 4 aromatic rings. The Hall–Kier alpha value is -3.85. The van der Waals surface area contributed by atoms with Crippen LogP contribution in [-0.2, 0) is 14.8 Å². The number of amides is 1. The van der Waals surface area contributed by atoms with Crippen molar-refractivity contribution in [2.75, 3.05) is 4.72 Å². The zero-order chi connectivity index (χ0) is 28.3. The number of pyridine rings is 1. The minimum atomic E-state index is -4.38. The average molecular weight is 612 g/mol. The summed E-state index contributed by atoms with van der Waals surface area (Å²) in [7, 11) is -4.38. The smallest absolute Gasteiger partial charge is 0.325 e. The number of rotatable bonds is 9. The summed E-state index contributed by atoms with van der Waals surface area (Å²) in [5.41, 5.74) is 0.692. The fourth-order valence-corrected chi connectivity index (χ4v) is 5.41. The number of nitrogens with one attached hydrogen (secondary N) is 2. The second kappa shape index (κ2) is 11.5. The molecule has 11 nitrogen and oxygen atoms in total. The van der Waals surface area contributed by atoms with Crippen molar-refractivity contribution >= 4 is 61.8 Å². The van der Waals surface area contributed by atoms with Crippen LogP contribution in [0.5, 0.6) is 11.5 Å². The molecule has 202 valence electrons. The van der Waals surface area contributed by atoms with Crippen LogP contribution >= 0.6 is 34.7 Å². The van der Waals surface area contributed by atoms with Crippen LogP contribution in [0.4, 0.5) is 9.52 Å². The number of aliphatic carboxylic acids is 1. The van der Waals surface area contributed by atoms with Crippen molar-refractivity contribution < 1.29 is 32.2 Å². The van der Waals surface area contributed by atoms with E-state index in [0.717, 1.165) is 30.0 Å². The molecule has 16 heteroatoms. The summed E-state index contributed by atoms with van der Waals surface area (Å²) < 4.78 is 51.8. The lowest BCUT2D eigenvalue weighted by atomic mass is 10.0. The Morgan fingerprint density at radius 3 is 2.59 bits per heavy atom. The largest absolute Gasteiger partial charge is 0.480 e.